The summed E-state index contributed by atoms with van der Waals surface area (Å²) in [7, 11) is 0. The van der Waals surface area contributed by atoms with Crippen molar-refractivity contribution < 1.29 is 24.5 Å². The van der Waals surface area contributed by atoms with Crippen LogP contribution in [-0.4, -0.2) is 23.2 Å². The Morgan fingerprint density at radius 2 is 1.52 bits per heavy atom. The maximum Gasteiger partial charge on any atom is 0.128 e. The number of aromatic nitrogens is 2. The standard InChI is InChI=1S/C30H26NO.C15H18GeN.Ir/c1-3-9-21(10-4-1)19-22-17-18-31-28(20-22)27-16-8-15-26-25-14-7-13-24(29(25)32-30(26)27)23-11-5-2-6-12-23;1-12-10-15(13-8-6-5-7-9-13)17-11-14(12)16(2,3)4;/h2,5-8,11-15,17-18,20-21H,1,3-4,9-10,19H2;5-8,10-11H,1-4H3;/q2*-1;. The van der Waals surface area contributed by atoms with Gasteiger partial charge < -0.3 is 9.40 Å². The molecule has 1 radical (unpaired) electrons. The van der Waals surface area contributed by atoms with E-state index in [4.69, 9.17) is 9.40 Å². The maximum absolute atomic E-state index is 6.54. The number of fused-ring (bicyclic) bond motifs is 3. The Bertz CT molecular complexity index is 2180. The third-order valence-corrected chi connectivity index (χ3v) is 14.3. The Hall–Kier alpha value is -3.83. The predicted octanol–water partition coefficient (Wildman–Crippen LogP) is 11.6. The van der Waals surface area contributed by atoms with Crippen LogP contribution in [0.1, 0.15) is 43.2 Å². The topological polar surface area (TPSA) is 38.9 Å². The van der Waals surface area contributed by atoms with Crippen molar-refractivity contribution in [3.05, 3.63) is 139 Å². The zero-order chi connectivity index (χ0) is 33.8. The number of aryl methyl sites for hydroxylation is 1. The summed E-state index contributed by atoms with van der Waals surface area (Å²) < 4.78 is 8.03. The molecule has 7 aromatic rings. The van der Waals surface area contributed by atoms with Gasteiger partial charge in [0.25, 0.3) is 0 Å². The first-order chi connectivity index (χ1) is 23.8. The first-order valence-electron chi connectivity index (χ1n) is 17.7. The molecular formula is C45H44GeIrN2O-2. The molecule has 0 aliphatic heterocycles. The average Bonchev–Trinajstić information content (AvgIpc) is 3.52. The molecule has 0 amide bonds. The Labute approximate surface area is 313 Å². The summed E-state index contributed by atoms with van der Waals surface area (Å²) in [5.41, 5.74) is 10.8. The van der Waals surface area contributed by atoms with E-state index in [9.17, 15) is 0 Å². The van der Waals surface area contributed by atoms with Crippen molar-refractivity contribution in [3.63, 3.8) is 0 Å². The molecule has 3 heterocycles. The van der Waals surface area contributed by atoms with Gasteiger partial charge in [-0.3, -0.25) is 0 Å². The van der Waals surface area contributed by atoms with Crippen LogP contribution >= 0.6 is 0 Å². The van der Waals surface area contributed by atoms with Gasteiger partial charge in [0.15, 0.2) is 0 Å². The molecule has 255 valence electrons. The van der Waals surface area contributed by atoms with Crippen molar-refractivity contribution in [1.29, 1.82) is 0 Å². The third-order valence-electron chi connectivity index (χ3n) is 9.78. The fourth-order valence-corrected chi connectivity index (χ4v) is 10.9. The number of pyridine rings is 2. The molecule has 1 aliphatic rings. The fraction of sp³-hybridized carbons (Fsp3) is 0.244. The Morgan fingerprint density at radius 3 is 2.26 bits per heavy atom. The molecule has 50 heavy (non-hydrogen) atoms. The quantitative estimate of drug-likeness (QED) is 0.123. The molecule has 1 fully saturated rings. The van der Waals surface area contributed by atoms with Crippen LogP contribution in [0.15, 0.2) is 120 Å². The number of benzene rings is 4. The SMILES string of the molecule is Cc1cc(-c2[c-]cccc2)nc[c]1[Ge]([CH3])([CH3])[CH3].[Ir].[c-]1ccc2c(oc3c(-c4ccccc4)cccc32)c1-c1cc(CC2CCCCC2)ccn1. The van der Waals surface area contributed by atoms with E-state index in [1.165, 1.54) is 47.6 Å². The van der Waals surface area contributed by atoms with Gasteiger partial charge in [0.2, 0.25) is 0 Å². The van der Waals surface area contributed by atoms with Crippen LogP contribution in [0.4, 0.5) is 0 Å². The molecule has 0 atom stereocenters. The van der Waals surface area contributed by atoms with Gasteiger partial charge in [-0.2, -0.15) is 0 Å². The van der Waals surface area contributed by atoms with E-state index >= 15 is 0 Å². The molecule has 0 spiro atoms. The Kier molecular flexibility index (Phi) is 11.5. The van der Waals surface area contributed by atoms with Crippen LogP contribution in [-0.2, 0) is 26.5 Å². The van der Waals surface area contributed by atoms with Gasteiger partial charge in [-0.25, -0.2) is 0 Å². The molecule has 3 aromatic heterocycles. The molecule has 0 unspecified atom stereocenters. The summed E-state index contributed by atoms with van der Waals surface area (Å²) in [5, 5.41) is 2.25. The Morgan fingerprint density at radius 1 is 0.740 bits per heavy atom. The summed E-state index contributed by atoms with van der Waals surface area (Å²) in [5.74, 6) is 8.01. The summed E-state index contributed by atoms with van der Waals surface area (Å²) in [6.45, 7) is 2.19. The van der Waals surface area contributed by atoms with Crippen molar-refractivity contribution in [1.82, 2.24) is 9.97 Å². The summed E-state index contributed by atoms with van der Waals surface area (Å²) in [6.07, 6.45) is 12.0. The van der Waals surface area contributed by atoms with Gasteiger partial charge in [-0.05, 0) is 29.7 Å². The van der Waals surface area contributed by atoms with Gasteiger partial charge in [0, 0.05) is 37.3 Å². The number of hydrogen-bond donors (Lipinski definition) is 0. The number of hydrogen-bond acceptors (Lipinski definition) is 3. The molecule has 5 heteroatoms. The van der Waals surface area contributed by atoms with Crippen LogP contribution in [0.3, 0.4) is 0 Å². The van der Waals surface area contributed by atoms with Gasteiger partial charge in [-0.1, -0.05) is 103 Å². The molecular weight excluding hydrogens is 849 g/mol. The number of nitrogens with zero attached hydrogens (tertiary/aromatic N) is 2. The number of rotatable bonds is 6. The van der Waals surface area contributed by atoms with Gasteiger partial charge in [0.05, 0.1) is 5.58 Å². The second-order valence-electron chi connectivity index (χ2n) is 14.4. The molecule has 0 N–H and O–H groups in total. The van der Waals surface area contributed by atoms with E-state index in [1.807, 2.05) is 36.5 Å². The van der Waals surface area contributed by atoms with Gasteiger partial charge in [-0.15, -0.1) is 18.2 Å². The monoisotopic (exact) mass is 895 g/mol. The van der Waals surface area contributed by atoms with E-state index in [-0.39, 0.29) is 20.1 Å². The minimum absolute atomic E-state index is 0. The molecule has 0 bridgehead atoms. The molecule has 1 saturated carbocycles. The van der Waals surface area contributed by atoms with E-state index in [2.05, 4.69) is 120 Å². The summed E-state index contributed by atoms with van der Waals surface area (Å²) in [4.78, 5) is 9.30. The zero-order valence-corrected chi connectivity index (χ0v) is 33.9. The van der Waals surface area contributed by atoms with Crippen LogP contribution < -0.4 is 4.40 Å². The van der Waals surface area contributed by atoms with E-state index in [0.717, 1.165) is 67.9 Å². The third kappa shape index (κ3) is 8.04. The van der Waals surface area contributed by atoms with E-state index in [0.29, 0.717) is 0 Å². The zero-order valence-electron chi connectivity index (χ0n) is 29.4. The van der Waals surface area contributed by atoms with Crippen LogP contribution in [0.5, 0.6) is 0 Å². The van der Waals surface area contributed by atoms with E-state index < -0.39 is 13.3 Å². The Balaban J connectivity index is 0.000000204. The van der Waals surface area contributed by atoms with Crippen molar-refractivity contribution >= 4 is 39.6 Å². The normalized spacial score (nSPS) is 13.4. The van der Waals surface area contributed by atoms with Crippen LogP contribution in [0.2, 0.25) is 17.3 Å². The number of furan rings is 1. The largest absolute Gasteiger partial charge is 0.500 e. The number of para-hydroxylation sites is 1. The van der Waals surface area contributed by atoms with Crippen LogP contribution in [0.25, 0.3) is 55.6 Å². The van der Waals surface area contributed by atoms with E-state index in [1.54, 1.807) is 0 Å². The van der Waals surface area contributed by atoms with Crippen molar-refractivity contribution in [2.75, 3.05) is 0 Å². The van der Waals surface area contributed by atoms with Gasteiger partial charge >= 0.3 is 106 Å². The van der Waals surface area contributed by atoms with Crippen LogP contribution in [0, 0.1) is 25.0 Å². The van der Waals surface area contributed by atoms with Crippen molar-refractivity contribution in [2.24, 2.45) is 5.92 Å². The fourth-order valence-electron chi connectivity index (χ4n) is 7.30. The first kappa shape index (κ1) is 36.0. The minimum Gasteiger partial charge on any atom is -0.500 e. The van der Waals surface area contributed by atoms with Crippen molar-refractivity contribution in [2.45, 2.75) is 62.7 Å². The first-order valence-corrected chi connectivity index (χ1v) is 25.0. The average molecular weight is 894 g/mol. The maximum atomic E-state index is 6.54. The second kappa shape index (κ2) is 16.0. The summed E-state index contributed by atoms with van der Waals surface area (Å²) in [6, 6.07) is 42.2. The molecule has 3 nitrogen and oxygen atoms in total. The minimum atomic E-state index is -1.77. The molecule has 1 aliphatic carbocycles. The molecule has 4 aromatic carbocycles. The van der Waals surface area contributed by atoms with Crippen molar-refractivity contribution in [3.8, 4) is 33.6 Å². The predicted molar refractivity (Wildman–Crippen MR) is 208 cm³/mol. The second-order valence-corrected chi connectivity index (χ2v) is 25.0. The molecule has 0 saturated heterocycles. The van der Waals surface area contributed by atoms with Gasteiger partial charge in [0.1, 0.15) is 5.58 Å². The summed E-state index contributed by atoms with van der Waals surface area (Å²) >= 11 is -1.77. The smallest absolute Gasteiger partial charge is 0.128 e. The molecule has 8 rings (SSSR count).